The normalized spacial score (nSPS) is 13.0. The molecule has 4 aromatic rings. The first-order valence-corrected chi connectivity index (χ1v) is 15.1. The molecule has 1 aromatic heterocycles. The van der Waals surface area contributed by atoms with Crippen LogP contribution in [0.2, 0.25) is 0 Å². The summed E-state index contributed by atoms with van der Waals surface area (Å²) in [6.07, 6.45) is 5.90. The standard InChI is InChI=1S/C33H33ClIN3O4/c1-21(17-34)14-27(15-23-4-13-30(31(16-23)42-3)38-18-22(2)36-20-38)33(41)37-29(19-39)24-5-7-25(8-6-24)32(40)26-9-11-28(35)12-10-26/h4-13,15-16,18,20-21,29,39H,14,17,19H2,1-3H3,(H,37,41)/b27-15+/t21-,29?/m0/s1. The Balaban J connectivity index is 1.55. The molecule has 4 rings (SSSR count). The number of ketones is 1. The minimum absolute atomic E-state index is 0.0536. The number of aromatic nitrogens is 2. The van der Waals surface area contributed by atoms with Crippen molar-refractivity contribution in [1.82, 2.24) is 14.9 Å². The lowest BCUT2D eigenvalue weighted by Gasteiger charge is -2.20. The Morgan fingerprint density at radius 3 is 2.33 bits per heavy atom. The number of rotatable bonds is 12. The highest BCUT2D eigenvalue weighted by molar-refractivity contribution is 14.1. The minimum Gasteiger partial charge on any atom is -0.495 e. The third-order valence-corrected chi connectivity index (χ3v) is 8.07. The van der Waals surface area contributed by atoms with E-state index in [9.17, 15) is 14.7 Å². The molecule has 0 saturated carbocycles. The number of aryl methyl sites for hydroxylation is 1. The molecule has 1 unspecified atom stereocenters. The number of methoxy groups -OCH3 is 1. The monoisotopic (exact) mass is 697 g/mol. The van der Waals surface area contributed by atoms with E-state index < -0.39 is 6.04 Å². The lowest BCUT2D eigenvalue weighted by Crippen LogP contribution is -2.32. The third-order valence-electron chi connectivity index (χ3n) is 6.83. The fourth-order valence-corrected chi connectivity index (χ4v) is 4.99. The third kappa shape index (κ3) is 7.87. The number of alkyl halides is 1. The van der Waals surface area contributed by atoms with Crippen LogP contribution in [0.1, 0.15) is 52.1 Å². The van der Waals surface area contributed by atoms with Crippen molar-refractivity contribution in [3.05, 3.63) is 116 Å². The van der Waals surface area contributed by atoms with Crippen molar-refractivity contribution in [2.45, 2.75) is 26.3 Å². The van der Waals surface area contributed by atoms with E-state index in [1.165, 1.54) is 0 Å². The number of imidazole rings is 1. The van der Waals surface area contributed by atoms with Gasteiger partial charge in [0.1, 0.15) is 5.75 Å². The number of halogens is 2. The maximum absolute atomic E-state index is 13.5. The number of hydrogen-bond donors (Lipinski definition) is 2. The average molecular weight is 698 g/mol. The number of hydrogen-bond acceptors (Lipinski definition) is 5. The van der Waals surface area contributed by atoms with Gasteiger partial charge in [-0.15, -0.1) is 11.6 Å². The minimum atomic E-state index is -0.656. The first-order valence-electron chi connectivity index (χ1n) is 13.5. The number of benzene rings is 3. The summed E-state index contributed by atoms with van der Waals surface area (Å²) in [5.74, 6) is 0.690. The molecule has 0 aliphatic rings. The molecule has 218 valence electrons. The van der Waals surface area contributed by atoms with Gasteiger partial charge in [-0.1, -0.05) is 37.3 Å². The number of aliphatic hydroxyl groups is 1. The predicted octanol–water partition coefficient (Wildman–Crippen LogP) is 6.52. The zero-order valence-electron chi connectivity index (χ0n) is 23.7. The Hall–Kier alpha value is -3.47. The molecule has 2 N–H and O–H groups in total. The second-order valence-corrected chi connectivity index (χ2v) is 11.7. The van der Waals surface area contributed by atoms with Crippen LogP contribution in [-0.4, -0.2) is 45.9 Å². The molecule has 1 heterocycles. The SMILES string of the molecule is COc1cc(/C=C(\C[C@H](C)CCl)C(=O)NC(CO)c2ccc(C(=O)c3ccc(I)cc3)cc2)ccc1-n1cnc(C)c1. The quantitative estimate of drug-likeness (QED) is 0.0761. The van der Waals surface area contributed by atoms with Crippen molar-refractivity contribution in [3.8, 4) is 11.4 Å². The molecule has 7 nitrogen and oxygen atoms in total. The Kier molecular flexibility index (Phi) is 11.0. The highest BCUT2D eigenvalue weighted by Gasteiger charge is 2.20. The largest absolute Gasteiger partial charge is 0.495 e. The summed E-state index contributed by atoms with van der Waals surface area (Å²) in [4.78, 5) is 30.7. The number of carbonyl (C=O) groups excluding carboxylic acids is 2. The first-order chi connectivity index (χ1) is 20.2. The fourth-order valence-electron chi connectivity index (χ4n) is 4.52. The Morgan fingerprint density at radius 1 is 1.10 bits per heavy atom. The van der Waals surface area contributed by atoms with Crippen LogP contribution in [0.15, 0.2) is 84.8 Å². The number of nitrogens with zero attached hydrogens (tertiary/aromatic N) is 2. The van der Waals surface area contributed by atoms with E-state index in [1.807, 2.05) is 61.0 Å². The second-order valence-electron chi connectivity index (χ2n) is 10.2. The van der Waals surface area contributed by atoms with Gasteiger partial charge in [0, 0.05) is 32.3 Å². The second kappa shape index (κ2) is 14.6. The van der Waals surface area contributed by atoms with Crippen molar-refractivity contribution < 1.29 is 19.4 Å². The molecule has 42 heavy (non-hydrogen) atoms. The van der Waals surface area contributed by atoms with Gasteiger partial charge in [0.15, 0.2) is 5.78 Å². The molecule has 0 spiro atoms. The summed E-state index contributed by atoms with van der Waals surface area (Å²) in [7, 11) is 1.60. The average Bonchev–Trinajstić information content (AvgIpc) is 3.45. The summed E-state index contributed by atoms with van der Waals surface area (Å²) in [6.45, 7) is 3.59. The fraction of sp³-hybridized carbons (Fsp3) is 0.242. The van der Waals surface area contributed by atoms with Gasteiger partial charge in [-0.3, -0.25) is 9.59 Å². The van der Waals surface area contributed by atoms with Gasteiger partial charge in [0.25, 0.3) is 0 Å². The van der Waals surface area contributed by atoms with Crippen LogP contribution in [0.25, 0.3) is 11.8 Å². The van der Waals surface area contributed by atoms with Crippen LogP contribution in [0.4, 0.5) is 0 Å². The summed E-state index contributed by atoms with van der Waals surface area (Å²) in [5, 5.41) is 13.1. The van der Waals surface area contributed by atoms with Gasteiger partial charge in [-0.25, -0.2) is 4.98 Å². The van der Waals surface area contributed by atoms with Crippen LogP contribution in [0.3, 0.4) is 0 Å². The van der Waals surface area contributed by atoms with E-state index in [2.05, 4.69) is 32.9 Å². The van der Waals surface area contributed by atoms with Crippen LogP contribution in [0.5, 0.6) is 5.75 Å². The van der Waals surface area contributed by atoms with E-state index in [0.717, 1.165) is 20.5 Å². The number of ether oxygens (including phenoxy) is 1. The molecule has 1 amide bonds. The Morgan fingerprint density at radius 2 is 1.76 bits per heavy atom. The highest BCUT2D eigenvalue weighted by Crippen LogP contribution is 2.27. The molecule has 0 fully saturated rings. The van der Waals surface area contributed by atoms with Gasteiger partial charge in [0.05, 0.1) is 37.5 Å². The molecule has 9 heteroatoms. The van der Waals surface area contributed by atoms with Crippen LogP contribution in [0, 0.1) is 16.4 Å². The Labute approximate surface area is 264 Å². The molecule has 0 aliphatic heterocycles. The lowest BCUT2D eigenvalue weighted by molar-refractivity contribution is -0.118. The number of carbonyl (C=O) groups is 2. The molecule has 0 bridgehead atoms. The van der Waals surface area contributed by atoms with Gasteiger partial charge >= 0.3 is 0 Å². The van der Waals surface area contributed by atoms with E-state index in [-0.39, 0.29) is 24.2 Å². The first kappa shape index (κ1) is 31.5. The molecule has 0 saturated heterocycles. The van der Waals surface area contributed by atoms with Gasteiger partial charge in [-0.05, 0) is 95.5 Å². The van der Waals surface area contributed by atoms with Crippen LogP contribution < -0.4 is 10.1 Å². The molecular weight excluding hydrogens is 665 g/mol. The van der Waals surface area contributed by atoms with E-state index in [0.29, 0.717) is 40.3 Å². The summed E-state index contributed by atoms with van der Waals surface area (Å²) >= 11 is 8.30. The smallest absolute Gasteiger partial charge is 0.247 e. The van der Waals surface area contributed by atoms with Crippen molar-refractivity contribution in [2.75, 3.05) is 19.6 Å². The van der Waals surface area contributed by atoms with E-state index >= 15 is 0 Å². The number of amides is 1. The maximum atomic E-state index is 13.5. The van der Waals surface area contributed by atoms with Crippen LogP contribution >= 0.6 is 34.2 Å². The van der Waals surface area contributed by atoms with E-state index in [4.69, 9.17) is 16.3 Å². The molecule has 0 radical (unpaired) electrons. The summed E-state index contributed by atoms with van der Waals surface area (Å²) in [6, 6.07) is 19.4. The lowest BCUT2D eigenvalue weighted by atomic mass is 9.97. The number of nitrogens with one attached hydrogen (secondary N) is 1. The van der Waals surface area contributed by atoms with Crippen molar-refractivity contribution in [2.24, 2.45) is 5.92 Å². The van der Waals surface area contributed by atoms with Gasteiger partial charge in [-0.2, -0.15) is 0 Å². The van der Waals surface area contributed by atoms with Gasteiger partial charge < -0.3 is 19.7 Å². The zero-order valence-corrected chi connectivity index (χ0v) is 26.6. The molecule has 3 aromatic carbocycles. The summed E-state index contributed by atoms with van der Waals surface area (Å²) < 4.78 is 8.57. The maximum Gasteiger partial charge on any atom is 0.247 e. The van der Waals surface area contributed by atoms with E-state index in [1.54, 1.807) is 49.8 Å². The topological polar surface area (TPSA) is 93.5 Å². The predicted molar refractivity (Wildman–Crippen MR) is 174 cm³/mol. The van der Waals surface area contributed by atoms with Gasteiger partial charge in [0.2, 0.25) is 5.91 Å². The van der Waals surface area contributed by atoms with Crippen molar-refractivity contribution in [3.63, 3.8) is 0 Å². The Bertz CT molecular complexity index is 1570. The summed E-state index contributed by atoms with van der Waals surface area (Å²) in [5.41, 5.74) is 4.86. The molecule has 2 atom stereocenters. The van der Waals surface area contributed by atoms with Crippen molar-refractivity contribution >= 4 is 52.0 Å². The molecule has 0 aliphatic carbocycles. The molecular formula is C33H33ClIN3O4. The van der Waals surface area contributed by atoms with Crippen molar-refractivity contribution in [1.29, 1.82) is 0 Å². The highest BCUT2D eigenvalue weighted by atomic mass is 127. The zero-order chi connectivity index (χ0) is 30.2. The number of aliphatic hydroxyl groups excluding tert-OH is 1. The van der Waals surface area contributed by atoms with Crippen LogP contribution in [-0.2, 0) is 4.79 Å².